The standard InChI is InChI=1S/C14H14BrN3O2/c1-2-5-12-17-11(15)8-13(18-12)20-10-7-4-3-6-9(10)14(16)19/h3-4,6-8H,2,5H2,1H3,(H2,16,19). The van der Waals surface area contributed by atoms with Crippen LogP contribution in [0.25, 0.3) is 0 Å². The Labute approximate surface area is 125 Å². The van der Waals surface area contributed by atoms with E-state index in [1.54, 1.807) is 30.3 Å². The van der Waals surface area contributed by atoms with Crippen molar-refractivity contribution < 1.29 is 9.53 Å². The first-order valence-electron chi connectivity index (χ1n) is 6.20. The number of para-hydroxylation sites is 1. The Hall–Kier alpha value is -1.95. The van der Waals surface area contributed by atoms with Crippen LogP contribution in [0.4, 0.5) is 0 Å². The molecule has 0 saturated carbocycles. The second-order valence-corrected chi connectivity index (χ2v) is 4.97. The molecule has 5 nitrogen and oxygen atoms in total. The van der Waals surface area contributed by atoms with E-state index in [9.17, 15) is 4.79 Å². The SMILES string of the molecule is CCCc1nc(Br)cc(Oc2ccccc2C(N)=O)n1. The van der Waals surface area contributed by atoms with Gasteiger partial charge in [0.1, 0.15) is 16.2 Å². The third-order valence-electron chi connectivity index (χ3n) is 2.56. The average molecular weight is 336 g/mol. The Morgan fingerprint density at radius 3 is 2.80 bits per heavy atom. The number of hydrogen-bond acceptors (Lipinski definition) is 4. The Bertz CT molecular complexity index is 632. The van der Waals surface area contributed by atoms with Gasteiger partial charge in [0.2, 0.25) is 5.88 Å². The molecule has 1 aromatic carbocycles. The second kappa shape index (κ2) is 6.47. The highest BCUT2D eigenvalue weighted by Crippen LogP contribution is 2.25. The van der Waals surface area contributed by atoms with E-state index in [-0.39, 0.29) is 0 Å². The van der Waals surface area contributed by atoms with Crippen molar-refractivity contribution in [2.75, 3.05) is 0 Å². The van der Waals surface area contributed by atoms with E-state index in [1.165, 1.54) is 0 Å². The molecule has 0 unspecified atom stereocenters. The van der Waals surface area contributed by atoms with E-state index in [4.69, 9.17) is 10.5 Å². The zero-order valence-corrected chi connectivity index (χ0v) is 12.6. The summed E-state index contributed by atoms with van der Waals surface area (Å²) in [5.41, 5.74) is 5.63. The fraction of sp³-hybridized carbons (Fsp3) is 0.214. The van der Waals surface area contributed by atoms with Gasteiger partial charge in [0.05, 0.1) is 5.56 Å². The molecule has 2 N–H and O–H groups in total. The number of benzene rings is 1. The van der Waals surface area contributed by atoms with Crippen molar-refractivity contribution in [1.82, 2.24) is 9.97 Å². The van der Waals surface area contributed by atoms with E-state index < -0.39 is 5.91 Å². The van der Waals surface area contributed by atoms with Crippen molar-refractivity contribution in [3.05, 3.63) is 46.3 Å². The molecule has 20 heavy (non-hydrogen) atoms. The van der Waals surface area contributed by atoms with Crippen LogP contribution >= 0.6 is 15.9 Å². The summed E-state index contributed by atoms with van der Waals surface area (Å²) in [6, 6.07) is 8.43. The second-order valence-electron chi connectivity index (χ2n) is 4.16. The molecule has 0 radical (unpaired) electrons. The van der Waals surface area contributed by atoms with E-state index in [1.807, 2.05) is 6.92 Å². The third-order valence-corrected chi connectivity index (χ3v) is 2.96. The van der Waals surface area contributed by atoms with Crippen LogP contribution in [0, 0.1) is 0 Å². The highest BCUT2D eigenvalue weighted by atomic mass is 79.9. The molecule has 1 aromatic heterocycles. The van der Waals surface area contributed by atoms with E-state index >= 15 is 0 Å². The van der Waals surface area contributed by atoms with E-state index in [0.29, 0.717) is 27.6 Å². The molecule has 0 spiro atoms. The normalized spacial score (nSPS) is 10.3. The fourth-order valence-corrected chi connectivity index (χ4v) is 2.10. The maximum absolute atomic E-state index is 11.3. The minimum absolute atomic E-state index is 0.319. The minimum atomic E-state index is -0.539. The van der Waals surface area contributed by atoms with E-state index in [2.05, 4.69) is 25.9 Å². The van der Waals surface area contributed by atoms with Crippen LogP contribution in [-0.2, 0) is 6.42 Å². The zero-order chi connectivity index (χ0) is 14.5. The van der Waals surface area contributed by atoms with Crippen molar-refractivity contribution >= 4 is 21.8 Å². The van der Waals surface area contributed by atoms with Crippen LogP contribution in [0.3, 0.4) is 0 Å². The molecule has 1 amide bonds. The number of aromatic nitrogens is 2. The van der Waals surface area contributed by atoms with Crippen molar-refractivity contribution in [2.24, 2.45) is 5.73 Å². The number of ether oxygens (including phenoxy) is 1. The number of amides is 1. The highest BCUT2D eigenvalue weighted by Gasteiger charge is 2.11. The van der Waals surface area contributed by atoms with Gasteiger partial charge in [-0.2, -0.15) is 4.98 Å². The molecule has 0 saturated heterocycles. The Morgan fingerprint density at radius 1 is 1.35 bits per heavy atom. The topological polar surface area (TPSA) is 78.1 Å². The van der Waals surface area contributed by atoms with Crippen LogP contribution in [0.1, 0.15) is 29.5 Å². The minimum Gasteiger partial charge on any atom is -0.438 e. The number of carbonyl (C=O) groups is 1. The van der Waals surface area contributed by atoms with Crippen LogP contribution in [0.15, 0.2) is 34.9 Å². The lowest BCUT2D eigenvalue weighted by Gasteiger charge is -2.09. The number of rotatable bonds is 5. The van der Waals surface area contributed by atoms with Crippen LogP contribution < -0.4 is 10.5 Å². The summed E-state index contributed by atoms with van der Waals surface area (Å²) < 4.78 is 6.30. The van der Waals surface area contributed by atoms with Crippen molar-refractivity contribution in [3.63, 3.8) is 0 Å². The van der Waals surface area contributed by atoms with Gasteiger partial charge in [-0.05, 0) is 34.5 Å². The fourth-order valence-electron chi connectivity index (χ4n) is 1.70. The first kappa shape index (κ1) is 14.5. The van der Waals surface area contributed by atoms with Gasteiger partial charge in [0.25, 0.3) is 5.91 Å². The molecule has 6 heteroatoms. The molecule has 0 aliphatic carbocycles. The highest BCUT2D eigenvalue weighted by molar-refractivity contribution is 9.10. The molecule has 0 aliphatic rings. The van der Waals surface area contributed by atoms with Gasteiger partial charge in [-0.1, -0.05) is 19.1 Å². The molecule has 2 rings (SSSR count). The smallest absolute Gasteiger partial charge is 0.252 e. The van der Waals surface area contributed by atoms with Gasteiger partial charge < -0.3 is 10.5 Å². The summed E-state index contributed by atoms with van der Waals surface area (Å²) in [5, 5.41) is 0. The maximum atomic E-state index is 11.3. The Morgan fingerprint density at radius 2 is 2.10 bits per heavy atom. The summed E-state index contributed by atoms with van der Waals surface area (Å²) in [6.07, 6.45) is 1.70. The van der Waals surface area contributed by atoms with Gasteiger partial charge in [-0.15, -0.1) is 0 Å². The molecule has 0 fully saturated rings. The summed E-state index contributed by atoms with van der Waals surface area (Å²) in [6.45, 7) is 2.05. The van der Waals surface area contributed by atoms with E-state index in [0.717, 1.165) is 12.8 Å². The number of halogens is 1. The van der Waals surface area contributed by atoms with Gasteiger partial charge in [-0.3, -0.25) is 4.79 Å². The maximum Gasteiger partial charge on any atom is 0.252 e. The summed E-state index contributed by atoms with van der Waals surface area (Å²) in [7, 11) is 0. The predicted octanol–water partition coefficient (Wildman–Crippen LogP) is 3.08. The van der Waals surface area contributed by atoms with Crippen LogP contribution in [0.5, 0.6) is 11.6 Å². The quantitative estimate of drug-likeness (QED) is 0.851. The molecule has 104 valence electrons. The molecular weight excluding hydrogens is 322 g/mol. The lowest BCUT2D eigenvalue weighted by atomic mass is 10.2. The van der Waals surface area contributed by atoms with Crippen molar-refractivity contribution in [1.29, 1.82) is 0 Å². The summed E-state index contributed by atoms with van der Waals surface area (Å²) in [5.74, 6) is 0.910. The average Bonchev–Trinajstić information content (AvgIpc) is 2.38. The summed E-state index contributed by atoms with van der Waals surface area (Å²) >= 11 is 3.32. The lowest BCUT2D eigenvalue weighted by molar-refractivity contribution is 0.0998. The first-order chi connectivity index (χ1) is 9.60. The number of nitrogens with zero attached hydrogens (tertiary/aromatic N) is 2. The molecular formula is C14H14BrN3O2. The van der Waals surface area contributed by atoms with Gasteiger partial charge in [0, 0.05) is 12.5 Å². The Kier molecular flexibility index (Phi) is 4.68. The number of primary amides is 1. The third kappa shape index (κ3) is 3.54. The monoisotopic (exact) mass is 335 g/mol. The van der Waals surface area contributed by atoms with Crippen molar-refractivity contribution in [2.45, 2.75) is 19.8 Å². The number of carbonyl (C=O) groups excluding carboxylic acids is 1. The van der Waals surface area contributed by atoms with Crippen molar-refractivity contribution in [3.8, 4) is 11.6 Å². The van der Waals surface area contributed by atoms with Crippen LogP contribution in [0.2, 0.25) is 0 Å². The lowest BCUT2D eigenvalue weighted by Crippen LogP contribution is -2.12. The van der Waals surface area contributed by atoms with Gasteiger partial charge >= 0.3 is 0 Å². The molecule has 0 aliphatic heterocycles. The zero-order valence-electron chi connectivity index (χ0n) is 11.0. The largest absolute Gasteiger partial charge is 0.438 e. The molecule has 2 aromatic rings. The number of hydrogen-bond donors (Lipinski definition) is 1. The molecule has 1 heterocycles. The molecule has 0 bridgehead atoms. The van der Waals surface area contributed by atoms with Gasteiger partial charge in [-0.25, -0.2) is 4.98 Å². The number of nitrogens with two attached hydrogens (primary N) is 1. The number of aryl methyl sites for hydroxylation is 1. The predicted molar refractivity (Wildman–Crippen MR) is 78.8 cm³/mol. The summed E-state index contributed by atoms with van der Waals surface area (Å²) in [4.78, 5) is 19.9. The first-order valence-corrected chi connectivity index (χ1v) is 6.99. The van der Waals surface area contributed by atoms with Gasteiger partial charge in [0.15, 0.2) is 0 Å². The Balaban J connectivity index is 2.32. The van der Waals surface area contributed by atoms with Crippen LogP contribution in [-0.4, -0.2) is 15.9 Å². The molecule has 0 atom stereocenters.